The lowest BCUT2D eigenvalue weighted by molar-refractivity contribution is 0.302. The molecule has 0 unspecified atom stereocenters. The standard InChI is InChI=1S/C24H26N2O/c1-17-3-6-24(27-16-22-13-18(2)7-12-26-22)23(14-17)21-5-4-19-8-10-25-11-9-20(19)15-21/h3-7,12-15,25H,8-11,16H2,1-2H3. The SMILES string of the molecule is Cc1ccnc(COc2ccc(C)cc2-c2ccc3c(c2)CCNCC3)c1. The molecule has 138 valence electrons. The Morgan fingerprint density at radius 1 is 0.889 bits per heavy atom. The van der Waals surface area contributed by atoms with Gasteiger partial charge < -0.3 is 10.1 Å². The number of hydrogen-bond acceptors (Lipinski definition) is 3. The Kier molecular flexibility index (Phi) is 5.21. The van der Waals surface area contributed by atoms with Gasteiger partial charge in [0.15, 0.2) is 0 Å². The fourth-order valence-electron chi connectivity index (χ4n) is 3.67. The first kappa shape index (κ1) is 17.7. The van der Waals surface area contributed by atoms with Crippen LogP contribution >= 0.6 is 0 Å². The largest absolute Gasteiger partial charge is 0.487 e. The Morgan fingerprint density at radius 2 is 1.70 bits per heavy atom. The lowest BCUT2D eigenvalue weighted by Gasteiger charge is -2.15. The van der Waals surface area contributed by atoms with Gasteiger partial charge in [0, 0.05) is 11.8 Å². The molecule has 0 atom stereocenters. The van der Waals surface area contributed by atoms with Gasteiger partial charge in [-0.3, -0.25) is 4.98 Å². The van der Waals surface area contributed by atoms with Crippen molar-refractivity contribution in [1.29, 1.82) is 0 Å². The summed E-state index contributed by atoms with van der Waals surface area (Å²) >= 11 is 0. The highest BCUT2D eigenvalue weighted by Gasteiger charge is 2.12. The van der Waals surface area contributed by atoms with Crippen LogP contribution in [-0.2, 0) is 19.4 Å². The summed E-state index contributed by atoms with van der Waals surface area (Å²) in [6.07, 6.45) is 4.02. The van der Waals surface area contributed by atoms with Crippen LogP contribution in [0, 0.1) is 13.8 Å². The molecule has 1 aliphatic heterocycles. The van der Waals surface area contributed by atoms with Gasteiger partial charge in [-0.15, -0.1) is 0 Å². The maximum atomic E-state index is 6.18. The Morgan fingerprint density at radius 3 is 2.56 bits per heavy atom. The van der Waals surface area contributed by atoms with Crippen molar-refractivity contribution >= 4 is 0 Å². The number of nitrogens with one attached hydrogen (secondary N) is 1. The van der Waals surface area contributed by atoms with Crippen molar-refractivity contribution in [2.45, 2.75) is 33.3 Å². The van der Waals surface area contributed by atoms with Crippen LogP contribution in [0.4, 0.5) is 0 Å². The van der Waals surface area contributed by atoms with E-state index in [1.165, 1.54) is 27.8 Å². The van der Waals surface area contributed by atoms with E-state index >= 15 is 0 Å². The van der Waals surface area contributed by atoms with Gasteiger partial charge in [-0.2, -0.15) is 0 Å². The first-order valence-corrected chi connectivity index (χ1v) is 9.67. The molecule has 0 radical (unpaired) electrons. The number of fused-ring (bicyclic) bond motifs is 1. The van der Waals surface area contributed by atoms with Gasteiger partial charge in [-0.1, -0.05) is 29.8 Å². The number of hydrogen-bond donors (Lipinski definition) is 1. The van der Waals surface area contributed by atoms with Crippen molar-refractivity contribution < 1.29 is 4.74 Å². The highest BCUT2D eigenvalue weighted by Crippen LogP contribution is 2.33. The van der Waals surface area contributed by atoms with Crippen LogP contribution < -0.4 is 10.1 Å². The molecule has 2 aromatic carbocycles. The van der Waals surface area contributed by atoms with E-state index in [0.29, 0.717) is 6.61 Å². The molecule has 3 heteroatoms. The molecule has 4 rings (SSSR count). The van der Waals surface area contributed by atoms with Crippen molar-refractivity contribution in [3.63, 3.8) is 0 Å². The fourth-order valence-corrected chi connectivity index (χ4v) is 3.67. The molecule has 0 saturated carbocycles. The quantitative estimate of drug-likeness (QED) is 0.738. The fraction of sp³-hybridized carbons (Fsp3) is 0.292. The average molecular weight is 358 g/mol. The monoisotopic (exact) mass is 358 g/mol. The maximum Gasteiger partial charge on any atom is 0.130 e. The van der Waals surface area contributed by atoms with Gasteiger partial charge >= 0.3 is 0 Å². The summed E-state index contributed by atoms with van der Waals surface area (Å²) < 4.78 is 6.18. The second-order valence-electron chi connectivity index (χ2n) is 7.35. The molecule has 0 spiro atoms. The van der Waals surface area contributed by atoms with Crippen LogP contribution in [-0.4, -0.2) is 18.1 Å². The third-order valence-electron chi connectivity index (χ3n) is 5.14. The number of aryl methyl sites for hydroxylation is 2. The van der Waals surface area contributed by atoms with Gasteiger partial charge in [-0.05, 0) is 86.3 Å². The Labute approximate surface area is 161 Å². The minimum Gasteiger partial charge on any atom is -0.487 e. The van der Waals surface area contributed by atoms with Gasteiger partial charge in [0.1, 0.15) is 12.4 Å². The predicted molar refractivity (Wildman–Crippen MR) is 110 cm³/mol. The van der Waals surface area contributed by atoms with Crippen molar-refractivity contribution in [3.8, 4) is 16.9 Å². The third kappa shape index (κ3) is 4.20. The third-order valence-corrected chi connectivity index (χ3v) is 5.14. The van der Waals surface area contributed by atoms with Crippen LogP contribution in [0.3, 0.4) is 0 Å². The molecule has 3 aromatic rings. The summed E-state index contributed by atoms with van der Waals surface area (Å²) in [7, 11) is 0. The first-order valence-electron chi connectivity index (χ1n) is 9.67. The highest BCUT2D eigenvalue weighted by atomic mass is 16.5. The van der Waals surface area contributed by atoms with Crippen molar-refractivity contribution in [1.82, 2.24) is 10.3 Å². The van der Waals surface area contributed by atoms with Crippen molar-refractivity contribution in [2.24, 2.45) is 0 Å². The summed E-state index contributed by atoms with van der Waals surface area (Å²) in [5.74, 6) is 0.913. The number of nitrogens with zero attached hydrogens (tertiary/aromatic N) is 1. The molecule has 2 heterocycles. The van der Waals surface area contributed by atoms with Crippen LogP contribution in [0.5, 0.6) is 5.75 Å². The number of rotatable bonds is 4. The topological polar surface area (TPSA) is 34.1 Å². The predicted octanol–water partition coefficient (Wildman–Crippen LogP) is 4.63. The zero-order valence-electron chi connectivity index (χ0n) is 16.1. The molecule has 0 bridgehead atoms. The molecule has 0 amide bonds. The average Bonchev–Trinajstić information content (AvgIpc) is 2.92. The molecule has 0 saturated heterocycles. The molecular weight excluding hydrogens is 332 g/mol. The van der Waals surface area contributed by atoms with Crippen molar-refractivity contribution in [3.05, 3.63) is 82.7 Å². The Balaban J connectivity index is 1.64. The van der Waals surface area contributed by atoms with Crippen LogP contribution in [0.1, 0.15) is 27.9 Å². The van der Waals surface area contributed by atoms with E-state index in [9.17, 15) is 0 Å². The minimum atomic E-state index is 0.479. The van der Waals surface area contributed by atoms with Crippen LogP contribution in [0.15, 0.2) is 54.7 Å². The lowest BCUT2D eigenvalue weighted by atomic mass is 9.95. The minimum absolute atomic E-state index is 0.479. The second-order valence-corrected chi connectivity index (χ2v) is 7.35. The molecule has 0 fully saturated rings. The molecular formula is C24H26N2O. The number of benzene rings is 2. The molecule has 27 heavy (non-hydrogen) atoms. The summed E-state index contributed by atoms with van der Waals surface area (Å²) in [5.41, 5.74) is 8.69. The summed E-state index contributed by atoms with van der Waals surface area (Å²) in [6.45, 7) is 6.80. The Bertz CT molecular complexity index is 949. The van der Waals surface area contributed by atoms with E-state index in [0.717, 1.165) is 42.9 Å². The van der Waals surface area contributed by atoms with Gasteiger partial charge in [0.2, 0.25) is 0 Å². The van der Waals surface area contributed by atoms with E-state index in [1.807, 2.05) is 12.3 Å². The van der Waals surface area contributed by atoms with E-state index in [-0.39, 0.29) is 0 Å². The number of pyridine rings is 1. The van der Waals surface area contributed by atoms with E-state index in [2.05, 4.69) is 66.6 Å². The molecule has 0 aliphatic carbocycles. The number of ether oxygens (including phenoxy) is 1. The van der Waals surface area contributed by atoms with Crippen molar-refractivity contribution in [2.75, 3.05) is 13.1 Å². The van der Waals surface area contributed by atoms with Gasteiger partial charge in [-0.25, -0.2) is 0 Å². The normalized spacial score (nSPS) is 13.7. The number of aromatic nitrogens is 1. The summed E-state index contributed by atoms with van der Waals surface area (Å²) in [5, 5.41) is 3.49. The van der Waals surface area contributed by atoms with Crippen LogP contribution in [0.2, 0.25) is 0 Å². The van der Waals surface area contributed by atoms with Gasteiger partial charge in [0.05, 0.1) is 5.69 Å². The first-order chi connectivity index (χ1) is 13.2. The maximum absolute atomic E-state index is 6.18. The molecule has 1 aromatic heterocycles. The molecule has 3 nitrogen and oxygen atoms in total. The van der Waals surface area contributed by atoms with E-state index < -0.39 is 0 Å². The Hall–Kier alpha value is -2.65. The highest BCUT2D eigenvalue weighted by molar-refractivity contribution is 5.72. The summed E-state index contributed by atoms with van der Waals surface area (Å²) in [4.78, 5) is 4.41. The zero-order chi connectivity index (χ0) is 18.6. The molecule has 1 N–H and O–H groups in total. The smallest absolute Gasteiger partial charge is 0.130 e. The van der Waals surface area contributed by atoms with Gasteiger partial charge in [0.25, 0.3) is 0 Å². The lowest BCUT2D eigenvalue weighted by Crippen LogP contribution is -2.16. The zero-order valence-corrected chi connectivity index (χ0v) is 16.1. The summed E-state index contributed by atoms with van der Waals surface area (Å²) in [6, 6.07) is 17.3. The molecule has 1 aliphatic rings. The van der Waals surface area contributed by atoms with Crippen LogP contribution in [0.25, 0.3) is 11.1 Å². The van der Waals surface area contributed by atoms with E-state index in [1.54, 1.807) is 0 Å². The van der Waals surface area contributed by atoms with E-state index in [4.69, 9.17) is 4.74 Å². The second kappa shape index (κ2) is 7.93.